The number of piperidine rings is 1. The van der Waals surface area contributed by atoms with Crippen LogP contribution in [0.4, 0.5) is 18.0 Å². The van der Waals surface area contributed by atoms with E-state index in [4.69, 9.17) is 0 Å². The smallest absolute Gasteiger partial charge is 0.416 e. The van der Waals surface area contributed by atoms with E-state index in [0.717, 1.165) is 17.7 Å². The van der Waals surface area contributed by atoms with Gasteiger partial charge in [0.25, 0.3) is 0 Å². The molecule has 0 aromatic heterocycles. The largest absolute Gasteiger partial charge is 0.453 e. The number of amides is 2. The lowest BCUT2D eigenvalue weighted by Crippen LogP contribution is -2.58. The summed E-state index contributed by atoms with van der Waals surface area (Å²) >= 11 is 0. The standard InChI is InChI=1S/C20H23F3N2O3/c1-19(24-18(27)28-2)7-12(8-19)17(26)25-9-14-15(10-25)16(14)11-3-5-13(6-4-11)20(21,22)23/h3-6,12,14-16H,7-10H2,1-2H3,(H,24,27)/t12-,14-,15+,16+,19+. The molecular weight excluding hydrogens is 373 g/mol. The molecule has 1 saturated heterocycles. The number of benzene rings is 1. The molecule has 5 nitrogen and oxygen atoms in total. The second-order valence-corrected chi connectivity index (χ2v) is 8.50. The first kappa shape index (κ1) is 19.1. The molecule has 1 heterocycles. The molecule has 3 fully saturated rings. The number of rotatable bonds is 3. The second-order valence-electron chi connectivity index (χ2n) is 8.50. The zero-order valence-corrected chi connectivity index (χ0v) is 15.8. The third-order valence-corrected chi connectivity index (χ3v) is 6.46. The highest BCUT2D eigenvalue weighted by Crippen LogP contribution is 2.58. The van der Waals surface area contributed by atoms with Gasteiger partial charge < -0.3 is 15.0 Å². The van der Waals surface area contributed by atoms with E-state index in [-0.39, 0.29) is 17.7 Å². The molecule has 2 amide bonds. The summed E-state index contributed by atoms with van der Waals surface area (Å²) in [6, 6.07) is 5.40. The highest BCUT2D eigenvalue weighted by atomic mass is 19.4. The Kier molecular flexibility index (Phi) is 4.35. The number of alkyl carbamates (subject to hydrolysis) is 1. The van der Waals surface area contributed by atoms with Crippen molar-refractivity contribution in [2.75, 3.05) is 20.2 Å². The summed E-state index contributed by atoms with van der Waals surface area (Å²) in [5, 5.41) is 2.77. The zero-order valence-electron chi connectivity index (χ0n) is 15.8. The fraction of sp³-hybridized carbons (Fsp3) is 0.600. The predicted molar refractivity (Wildman–Crippen MR) is 94.4 cm³/mol. The Morgan fingerprint density at radius 2 is 1.71 bits per heavy atom. The number of carbonyl (C=O) groups excluding carboxylic acids is 2. The SMILES string of the molecule is COC(=O)N[C@]1(C)C[C@H](C(=O)N2C[C@@H]3[C@H](C2)[C@H]3c2ccc(C(F)(F)F)cc2)C1. The number of ether oxygens (including phenoxy) is 1. The summed E-state index contributed by atoms with van der Waals surface area (Å²) in [5.74, 6) is 0.936. The van der Waals surface area contributed by atoms with Crippen LogP contribution in [0.15, 0.2) is 24.3 Å². The van der Waals surface area contributed by atoms with Crippen molar-refractivity contribution in [3.05, 3.63) is 35.4 Å². The molecule has 2 saturated carbocycles. The summed E-state index contributed by atoms with van der Waals surface area (Å²) in [6.07, 6.45) is -3.62. The van der Waals surface area contributed by atoms with E-state index >= 15 is 0 Å². The minimum Gasteiger partial charge on any atom is -0.453 e. The number of halogens is 3. The minimum atomic E-state index is -4.32. The van der Waals surface area contributed by atoms with Crippen LogP contribution in [-0.4, -0.2) is 42.6 Å². The molecule has 0 radical (unpaired) electrons. The van der Waals surface area contributed by atoms with Gasteiger partial charge in [0, 0.05) is 24.5 Å². The highest BCUT2D eigenvalue weighted by Gasteiger charge is 2.58. The lowest BCUT2D eigenvalue weighted by molar-refractivity contribution is -0.140. The molecule has 1 aromatic carbocycles. The first-order valence-electron chi connectivity index (χ1n) is 9.43. The third kappa shape index (κ3) is 3.33. The van der Waals surface area contributed by atoms with Crippen LogP contribution in [0.5, 0.6) is 0 Å². The molecule has 1 aliphatic heterocycles. The van der Waals surface area contributed by atoms with Crippen molar-refractivity contribution in [3.8, 4) is 0 Å². The molecule has 1 aromatic rings. The molecule has 0 spiro atoms. The molecule has 0 unspecified atom stereocenters. The van der Waals surface area contributed by atoms with Gasteiger partial charge >= 0.3 is 12.3 Å². The van der Waals surface area contributed by atoms with Crippen LogP contribution in [-0.2, 0) is 15.7 Å². The molecule has 152 valence electrons. The maximum absolute atomic E-state index is 12.7. The summed E-state index contributed by atoms with van der Waals surface area (Å²) < 4.78 is 42.7. The number of carbonyl (C=O) groups is 2. The van der Waals surface area contributed by atoms with Crippen molar-refractivity contribution in [3.63, 3.8) is 0 Å². The van der Waals surface area contributed by atoms with Gasteiger partial charge in [-0.2, -0.15) is 13.2 Å². The van der Waals surface area contributed by atoms with Gasteiger partial charge in [0.2, 0.25) is 5.91 Å². The first-order valence-corrected chi connectivity index (χ1v) is 9.43. The molecule has 3 aliphatic rings. The number of likely N-dealkylation sites (tertiary alicyclic amines) is 1. The molecule has 3 atom stereocenters. The lowest BCUT2D eigenvalue weighted by atomic mass is 9.69. The van der Waals surface area contributed by atoms with Crippen molar-refractivity contribution in [1.29, 1.82) is 0 Å². The van der Waals surface area contributed by atoms with E-state index in [0.29, 0.717) is 37.8 Å². The molecular formula is C20H23F3N2O3. The summed E-state index contributed by atoms with van der Waals surface area (Å²) in [4.78, 5) is 25.9. The van der Waals surface area contributed by atoms with E-state index < -0.39 is 23.4 Å². The Morgan fingerprint density at radius 3 is 2.21 bits per heavy atom. The van der Waals surface area contributed by atoms with Crippen LogP contribution in [0.1, 0.15) is 36.8 Å². The van der Waals surface area contributed by atoms with Crippen LogP contribution in [0.25, 0.3) is 0 Å². The molecule has 8 heteroatoms. The van der Waals surface area contributed by atoms with Crippen molar-refractivity contribution in [2.45, 2.75) is 37.4 Å². The fourth-order valence-electron chi connectivity index (χ4n) is 4.96. The number of nitrogens with zero attached hydrogens (tertiary/aromatic N) is 1. The van der Waals surface area contributed by atoms with E-state index in [2.05, 4.69) is 10.1 Å². The quantitative estimate of drug-likeness (QED) is 0.852. The summed E-state index contributed by atoms with van der Waals surface area (Å²) in [6.45, 7) is 3.22. The van der Waals surface area contributed by atoms with Gasteiger partial charge in [-0.1, -0.05) is 12.1 Å². The first-order chi connectivity index (χ1) is 13.1. The fourth-order valence-corrected chi connectivity index (χ4v) is 4.96. The second kappa shape index (κ2) is 6.39. The number of methoxy groups -OCH3 is 1. The van der Waals surface area contributed by atoms with E-state index in [1.165, 1.54) is 7.11 Å². The van der Waals surface area contributed by atoms with Gasteiger partial charge in [-0.3, -0.25) is 4.79 Å². The van der Waals surface area contributed by atoms with Crippen molar-refractivity contribution >= 4 is 12.0 Å². The maximum Gasteiger partial charge on any atom is 0.416 e. The Labute approximate surface area is 161 Å². The van der Waals surface area contributed by atoms with Crippen LogP contribution in [0.2, 0.25) is 0 Å². The van der Waals surface area contributed by atoms with Gasteiger partial charge in [0.05, 0.1) is 12.7 Å². The van der Waals surface area contributed by atoms with Crippen LogP contribution in [0, 0.1) is 17.8 Å². The Morgan fingerprint density at radius 1 is 1.14 bits per heavy atom. The molecule has 1 N–H and O–H groups in total. The summed E-state index contributed by atoms with van der Waals surface area (Å²) in [7, 11) is 1.31. The van der Waals surface area contributed by atoms with Gasteiger partial charge in [0.1, 0.15) is 0 Å². The molecule has 28 heavy (non-hydrogen) atoms. The predicted octanol–water partition coefficient (Wildman–Crippen LogP) is 3.40. The van der Waals surface area contributed by atoms with Crippen LogP contribution in [0.3, 0.4) is 0 Å². The minimum absolute atomic E-state index is 0.0934. The van der Waals surface area contributed by atoms with E-state index in [9.17, 15) is 22.8 Å². The lowest BCUT2D eigenvalue weighted by Gasteiger charge is -2.45. The third-order valence-electron chi connectivity index (χ3n) is 6.46. The molecule has 0 bridgehead atoms. The zero-order chi connectivity index (χ0) is 20.3. The average molecular weight is 396 g/mol. The van der Waals surface area contributed by atoms with Crippen molar-refractivity contribution in [2.24, 2.45) is 17.8 Å². The topological polar surface area (TPSA) is 58.6 Å². The van der Waals surface area contributed by atoms with Crippen LogP contribution < -0.4 is 5.32 Å². The van der Waals surface area contributed by atoms with Gasteiger partial charge in [-0.25, -0.2) is 4.79 Å². The Balaban J connectivity index is 1.29. The van der Waals surface area contributed by atoms with Crippen LogP contribution >= 0.6 is 0 Å². The maximum atomic E-state index is 12.7. The highest BCUT2D eigenvalue weighted by molar-refractivity contribution is 5.81. The van der Waals surface area contributed by atoms with Gasteiger partial charge in [-0.15, -0.1) is 0 Å². The summed E-state index contributed by atoms with van der Waals surface area (Å²) in [5.41, 5.74) is -0.111. The van der Waals surface area contributed by atoms with Gasteiger partial charge in [0.15, 0.2) is 0 Å². The number of fused-ring (bicyclic) bond motifs is 1. The van der Waals surface area contributed by atoms with E-state index in [1.807, 2.05) is 11.8 Å². The van der Waals surface area contributed by atoms with Crippen molar-refractivity contribution in [1.82, 2.24) is 10.2 Å². The molecule has 4 rings (SSSR count). The normalized spacial score (nSPS) is 33.7. The van der Waals surface area contributed by atoms with E-state index in [1.54, 1.807) is 12.1 Å². The monoisotopic (exact) mass is 396 g/mol. The average Bonchev–Trinajstić information content (AvgIpc) is 3.11. The number of hydrogen-bond acceptors (Lipinski definition) is 3. The number of hydrogen-bond donors (Lipinski definition) is 1. The number of nitrogens with one attached hydrogen (secondary N) is 1. The van der Waals surface area contributed by atoms with Crippen molar-refractivity contribution < 1.29 is 27.5 Å². The Bertz CT molecular complexity index is 775. The molecule has 2 aliphatic carbocycles. The number of alkyl halides is 3. The Hall–Kier alpha value is -2.25. The van der Waals surface area contributed by atoms with Gasteiger partial charge in [-0.05, 0) is 55.2 Å².